The highest BCUT2D eigenvalue weighted by atomic mass is 35.5. The first-order valence-electron chi connectivity index (χ1n) is 8.26. The fourth-order valence-corrected chi connectivity index (χ4v) is 3.81. The molecule has 0 aromatic heterocycles. The number of rotatable bonds is 5. The second kappa shape index (κ2) is 6.99. The maximum absolute atomic E-state index is 6.20. The van der Waals surface area contributed by atoms with Gasteiger partial charge in [0.1, 0.15) is 0 Å². The van der Waals surface area contributed by atoms with Gasteiger partial charge in [0.15, 0.2) is 0 Å². The van der Waals surface area contributed by atoms with E-state index in [1.165, 1.54) is 43.7 Å². The van der Waals surface area contributed by atoms with Crippen molar-refractivity contribution in [3.05, 3.63) is 28.8 Å². The molecule has 1 unspecified atom stereocenters. The SMILES string of the molecule is CCCNCc1cc(Cl)ccc1N1CCN2CCCC2C1. The summed E-state index contributed by atoms with van der Waals surface area (Å²) in [4.78, 5) is 5.22. The van der Waals surface area contributed by atoms with Crippen LogP contribution in [0.5, 0.6) is 0 Å². The van der Waals surface area contributed by atoms with Gasteiger partial charge in [-0.1, -0.05) is 18.5 Å². The average molecular weight is 308 g/mol. The van der Waals surface area contributed by atoms with E-state index in [2.05, 4.69) is 34.2 Å². The second-order valence-corrected chi connectivity index (χ2v) is 6.66. The molecule has 0 saturated carbocycles. The molecule has 21 heavy (non-hydrogen) atoms. The zero-order valence-electron chi connectivity index (χ0n) is 12.9. The van der Waals surface area contributed by atoms with E-state index in [1.54, 1.807) is 0 Å². The standard InChI is InChI=1S/C17H26ClN3/c1-2-7-19-12-14-11-15(18)5-6-17(14)21-10-9-20-8-3-4-16(20)13-21/h5-6,11,16,19H,2-4,7-10,12-13H2,1H3. The lowest BCUT2D eigenvalue weighted by Gasteiger charge is -2.39. The van der Waals surface area contributed by atoms with Crippen molar-refractivity contribution in [3.63, 3.8) is 0 Å². The summed E-state index contributed by atoms with van der Waals surface area (Å²) in [7, 11) is 0. The van der Waals surface area contributed by atoms with Crippen LogP contribution in [0, 0.1) is 0 Å². The number of fused-ring (bicyclic) bond motifs is 1. The van der Waals surface area contributed by atoms with Crippen molar-refractivity contribution in [2.75, 3.05) is 37.6 Å². The van der Waals surface area contributed by atoms with Crippen LogP contribution >= 0.6 is 11.6 Å². The first-order chi connectivity index (χ1) is 10.3. The fraction of sp³-hybridized carbons (Fsp3) is 0.647. The lowest BCUT2D eigenvalue weighted by atomic mass is 10.1. The minimum absolute atomic E-state index is 0.755. The monoisotopic (exact) mass is 307 g/mol. The molecular weight excluding hydrogens is 282 g/mol. The molecule has 0 amide bonds. The van der Waals surface area contributed by atoms with Crippen LogP contribution < -0.4 is 10.2 Å². The predicted molar refractivity (Wildman–Crippen MR) is 90.3 cm³/mol. The molecule has 0 radical (unpaired) electrons. The van der Waals surface area contributed by atoms with E-state index in [1.807, 2.05) is 6.07 Å². The molecule has 1 atom stereocenters. The van der Waals surface area contributed by atoms with Gasteiger partial charge in [-0.25, -0.2) is 0 Å². The van der Waals surface area contributed by atoms with Crippen molar-refractivity contribution >= 4 is 17.3 Å². The third-order valence-electron chi connectivity index (χ3n) is 4.71. The topological polar surface area (TPSA) is 18.5 Å². The minimum Gasteiger partial charge on any atom is -0.368 e. The maximum atomic E-state index is 6.20. The maximum Gasteiger partial charge on any atom is 0.0413 e. The van der Waals surface area contributed by atoms with Crippen LogP contribution in [0.3, 0.4) is 0 Å². The summed E-state index contributed by atoms with van der Waals surface area (Å²) in [5.74, 6) is 0. The highest BCUT2D eigenvalue weighted by Gasteiger charge is 2.31. The van der Waals surface area contributed by atoms with Crippen molar-refractivity contribution in [3.8, 4) is 0 Å². The van der Waals surface area contributed by atoms with Crippen LogP contribution in [0.25, 0.3) is 0 Å². The number of nitrogens with one attached hydrogen (secondary N) is 1. The van der Waals surface area contributed by atoms with Crippen molar-refractivity contribution in [1.29, 1.82) is 0 Å². The highest BCUT2D eigenvalue weighted by Crippen LogP contribution is 2.29. The van der Waals surface area contributed by atoms with Crippen molar-refractivity contribution in [2.24, 2.45) is 0 Å². The Morgan fingerprint density at radius 2 is 2.19 bits per heavy atom. The van der Waals surface area contributed by atoms with Crippen LogP contribution in [0.15, 0.2) is 18.2 Å². The number of halogens is 1. The van der Waals surface area contributed by atoms with Gasteiger partial charge in [-0.3, -0.25) is 4.90 Å². The van der Waals surface area contributed by atoms with E-state index in [-0.39, 0.29) is 0 Å². The first-order valence-corrected chi connectivity index (χ1v) is 8.64. The number of anilines is 1. The van der Waals surface area contributed by atoms with Crippen molar-refractivity contribution in [1.82, 2.24) is 10.2 Å². The average Bonchev–Trinajstić information content (AvgIpc) is 2.95. The highest BCUT2D eigenvalue weighted by molar-refractivity contribution is 6.30. The Labute approximate surface area is 133 Å². The van der Waals surface area contributed by atoms with Gasteiger partial charge in [0.05, 0.1) is 0 Å². The molecule has 2 saturated heterocycles. The summed E-state index contributed by atoms with van der Waals surface area (Å²) in [5, 5.41) is 4.35. The van der Waals surface area contributed by atoms with E-state index in [0.29, 0.717) is 0 Å². The van der Waals surface area contributed by atoms with Crippen LogP contribution in [0.2, 0.25) is 5.02 Å². The molecule has 4 heteroatoms. The summed E-state index contributed by atoms with van der Waals surface area (Å²) < 4.78 is 0. The molecule has 2 aliphatic heterocycles. The first kappa shape index (κ1) is 15.1. The Morgan fingerprint density at radius 1 is 1.29 bits per heavy atom. The largest absolute Gasteiger partial charge is 0.368 e. The molecule has 2 heterocycles. The zero-order valence-corrected chi connectivity index (χ0v) is 13.7. The smallest absolute Gasteiger partial charge is 0.0413 e. The molecule has 1 aromatic rings. The number of hydrogen-bond donors (Lipinski definition) is 1. The summed E-state index contributed by atoms with van der Waals surface area (Å²) in [6, 6.07) is 7.11. The third-order valence-corrected chi connectivity index (χ3v) is 4.95. The molecule has 2 aliphatic rings. The Bertz CT molecular complexity index is 477. The van der Waals surface area contributed by atoms with E-state index in [0.717, 1.165) is 37.1 Å². The number of hydrogen-bond acceptors (Lipinski definition) is 3. The number of benzene rings is 1. The molecule has 0 spiro atoms. The van der Waals surface area contributed by atoms with Crippen LogP contribution in [-0.2, 0) is 6.54 Å². The van der Waals surface area contributed by atoms with Gasteiger partial charge < -0.3 is 10.2 Å². The van der Waals surface area contributed by atoms with Crippen LogP contribution in [0.4, 0.5) is 5.69 Å². The number of piperazine rings is 1. The summed E-state index contributed by atoms with van der Waals surface area (Å²) in [6.07, 6.45) is 3.88. The van der Waals surface area contributed by atoms with Gasteiger partial charge in [-0.15, -0.1) is 0 Å². The predicted octanol–water partition coefficient (Wildman–Crippen LogP) is 3.12. The molecule has 3 rings (SSSR count). The Balaban J connectivity index is 1.74. The fourth-order valence-electron chi connectivity index (χ4n) is 3.61. The lowest BCUT2D eigenvalue weighted by molar-refractivity contribution is 0.231. The zero-order chi connectivity index (χ0) is 14.7. The Morgan fingerprint density at radius 3 is 3.05 bits per heavy atom. The molecule has 1 N–H and O–H groups in total. The normalized spacial score (nSPS) is 22.6. The van der Waals surface area contributed by atoms with E-state index in [4.69, 9.17) is 11.6 Å². The van der Waals surface area contributed by atoms with Crippen LogP contribution in [-0.4, -0.2) is 43.7 Å². The Hall–Kier alpha value is -0.770. The molecular formula is C17H26ClN3. The van der Waals surface area contributed by atoms with Gasteiger partial charge in [-0.2, -0.15) is 0 Å². The van der Waals surface area contributed by atoms with Gasteiger partial charge >= 0.3 is 0 Å². The van der Waals surface area contributed by atoms with Gasteiger partial charge in [0.25, 0.3) is 0 Å². The third kappa shape index (κ3) is 3.53. The van der Waals surface area contributed by atoms with Crippen LogP contribution in [0.1, 0.15) is 31.7 Å². The summed E-state index contributed by atoms with van der Waals surface area (Å²) in [6.45, 7) is 8.97. The molecule has 2 fully saturated rings. The summed E-state index contributed by atoms with van der Waals surface area (Å²) in [5.41, 5.74) is 2.71. The second-order valence-electron chi connectivity index (χ2n) is 6.23. The lowest BCUT2D eigenvalue weighted by Crippen LogP contribution is -2.50. The van der Waals surface area contributed by atoms with Gasteiger partial charge in [0.2, 0.25) is 0 Å². The number of nitrogens with zero attached hydrogens (tertiary/aromatic N) is 2. The summed E-state index contributed by atoms with van der Waals surface area (Å²) >= 11 is 6.20. The van der Waals surface area contributed by atoms with E-state index >= 15 is 0 Å². The van der Waals surface area contributed by atoms with Crippen molar-refractivity contribution < 1.29 is 0 Å². The quantitative estimate of drug-likeness (QED) is 0.843. The van der Waals surface area contributed by atoms with Gasteiger partial charge in [-0.05, 0) is 56.1 Å². The Kier molecular flexibility index (Phi) is 5.04. The molecule has 0 aliphatic carbocycles. The van der Waals surface area contributed by atoms with E-state index < -0.39 is 0 Å². The van der Waals surface area contributed by atoms with Crippen molar-refractivity contribution in [2.45, 2.75) is 38.8 Å². The molecule has 0 bridgehead atoms. The minimum atomic E-state index is 0.755. The molecule has 1 aromatic carbocycles. The van der Waals surface area contributed by atoms with E-state index in [9.17, 15) is 0 Å². The molecule has 3 nitrogen and oxygen atoms in total. The molecule has 116 valence electrons. The van der Waals surface area contributed by atoms with Gasteiger partial charge in [0, 0.05) is 42.9 Å².